The van der Waals surface area contributed by atoms with Crippen LogP contribution in [0.3, 0.4) is 0 Å². The summed E-state index contributed by atoms with van der Waals surface area (Å²) in [5.74, 6) is -0.497. The summed E-state index contributed by atoms with van der Waals surface area (Å²) in [7, 11) is 1.15. The van der Waals surface area contributed by atoms with Gasteiger partial charge in [0.15, 0.2) is 0 Å². The van der Waals surface area contributed by atoms with E-state index in [4.69, 9.17) is 18.5 Å². The van der Waals surface area contributed by atoms with Gasteiger partial charge in [0, 0.05) is 6.42 Å². The van der Waals surface area contributed by atoms with Crippen LogP contribution in [0.4, 0.5) is 0 Å². The van der Waals surface area contributed by atoms with E-state index in [1.807, 2.05) is 112 Å². The molecular formula is C30H38NO7P. The molecule has 3 rings (SSSR count). The van der Waals surface area contributed by atoms with Crippen LogP contribution in [0.15, 0.2) is 91.0 Å². The summed E-state index contributed by atoms with van der Waals surface area (Å²) in [5, 5.41) is 0. The number of esters is 1. The van der Waals surface area contributed by atoms with Crippen LogP contribution >= 0.6 is 7.82 Å². The van der Waals surface area contributed by atoms with Crippen LogP contribution in [-0.2, 0) is 33.5 Å². The molecule has 0 saturated carbocycles. The van der Waals surface area contributed by atoms with Gasteiger partial charge in [-0.2, -0.15) is 0 Å². The molecule has 0 aromatic heterocycles. The van der Waals surface area contributed by atoms with E-state index in [0.717, 1.165) is 16.7 Å². The fourth-order valence-corrected chi connectivity index (χ4v) is 4.74. The first-order chi connectivity index (χ1) is 18.6. The lowest BCUT2D eigenvalue weighted by Crippen LogP contribution is -2.38. The van der Waals surface area contributed by atoms with Crippen LogP contribution in [0, 0.1) is 0 Å². The maximum Gasteiger partial charge on any atom is 0.305 e. The number of nitrogens with zero attached hydrogens (tertiary/aromatic N) is 1. The molecule has 3 aromatic carbocycles. The number of benzene rings is 3. The predicted molar refractivity (Wildman–Crippen MR) is 148 cm³/mol. The van der Waals surface area contributed by atoms with Gasteiger partial charge in [0.25, 0.3) is 7.82 Å². The van der Waals surface area contributed by atoms with Crippen LogP contribution in [0.2, 0.25) is 0 Å². The summed E-state index contributed by atoms with van der Waals surface area (Å²) in [6.45, 7) is 1.53. The Morgan fingerprint density at radius 2 is 1.28 bits per heavy atom. The van der Waals surface area contributed by atoms with Crippen molar-refractivity contribution in [2.24, 2.45) is 0 Å². The van der Waals surface area contributed by atoms with Crippen molar-refractivity contribution in [1.82, 2.24) is 0 Å². The number of phosphoric ester groups is 1. The number of hydrogen-bond donors (Lipinski definition) is 0. The first-order valence-corrected chi connectivity index (χ1v) is 14.4. The summed E-state index contributed by atoms with van der Waals surface area (Å²) in [6.07, 6.45) is -0.885. The molecule has 0 amide bonds. The quantitative estimate of drug-likeness (QED) is 0.118. The van der Waals surface area contributed by atoms with E-state index < -0.39 is 32.1 Å². The highest BCUT2D eigenvalue weighted by molar-refractivity contribution is 7.45. The van der Waals surface area contributed by atoms with Gasteiger partial charge in [-0.15, -0.1) is 0 Å². The Morgan fingerprint density at radius 1 is 0.821 bits per heavy atom. The third-order valence-corrected chi connectivity index (χ3v) is 7.01. The molecule has 1 unspecified atom stereocenters. The van der Waals surface area contributed by atoms with E-state index in [9.17, 15) is 14.3 Å². The molecular weight excluding hydrogens is 517 g/mol. The molecule has 0 aliphatic rings. The van der Waals surface area contributed by atoms with Gasteiger partial charge in [0.2, 0.25) is 0 Å². The van der Waals surface area contributed by atoms with Gasteiger partial charge < -0.3 is 27.9 Å². The molecule has 2 atom stereocenters. The van der Waals surface area contributed by atoms with E-state index in [0.29, 0.717) is 11.0 Å². The zero-order valence-corrected chi connectivity index (χ0v) is 23.9. The second kappa shape index (κ2) is 14.0. The van der Waals surface area contributed by atoms with Crippen molar-refractivity contribution >= 4 is 13.8 Å². The third-order valence-electron chi connectivity index (χ3n) is 6.04. The highest BCUT2D eigenvalue weighted by Gasteiger charge is 2.38. The number of carbonyl (C=O) groups excluding carboxylic acids is 1. The monoisotopic (exact) mass is 555 g/mol. The average Bonchev–Trinajstić information content (AvgIpc) is 2.92. The van der Waals surface area contributed by atoms with Gasteiger partial charge in [-0.1, -0.05) is 97.9 Å². The second-order valence-corrected chi connectivity index (χ2v) is 11.6. The molecule has 0 radical (unpaired) electrons. The SMILES string of the molecule is CCC(=O)O[C@H](COC(c1ccccc1)(c1ccccc1)c1ccccc1)COP(=O)([O-])OCC[N+](C)(C)C. The molecule has 0 aliphatic heterocycles. The van der Waals surface area contributed by atoms with E-state index in [1.54, 1.807) is 6.92 Å². The van der Waals surface area contributed by atoms with Gasteiger partial charge in [0.05, 0.1) is 34.4 Å². The first kappa shape index (κ1) is 30.7. The number of ether oxygens (including phenoxy) is 2. The fraction of sp³-hybridized carbons (Fsp3) is 0.367. The Hall–Kier alpha value is -2.84. The molecule has 210 valence electrons. The molecule has 0 bridgehead atoms. The number of carbonyl (C=O) groups is 1. The second-order valence-electron chi connectivity index (χ2n) is 10.1. The van der Waals surface area contributed by atoms with E-state index in [-0.39, 0.29) is 19.6 Å². The number of hydrogen-bond acceptors (Lipinski definition) is 7. The fourth-order valence-electron chi connectivity index (χ4n) is 4.01. The van der Waals surface area contributed by atoms with Crippen LogP contribution in [0.25, 0.3) is 0 Å². The normalized spacial score (nSPS) is 14.4. The summed E-state index contributed by atoms with van der Waals surface area (Å²) < 4.78 is 35.4. The van der Waals surface area contributed by atoms with Crippen molar-refractivity contribution in [3.63, 3.8) is 0 Å². The average molecular weight is 556 g/mol. The smallest absolute Gasteiger partial charge is 0.305 e. The molecule has 0 spiro atoms. The predicted octanol–water partition coefficient (Wildman–Crippen LogP) is 4.52. The summed E-state index contributed by atoms with van der Waals surface area (Å²) in [4.78, 5) is 24.7. The molecule has 3 aromatic rings. The Kier molecular flexibility index (Phi) is 11.0. The third kappa shape index (κ3) is 9.11. The summed E-state index contributed by atoms with van der Waals surface area (Å²) in [6, 6.07) is 29.2. The first-order valence-electron chi connectivity index (χ1n) is 13.0. The molecule has 9 heteroatoms. The van der Waals surface area contributed by atoms with Gasteiger partial charge in [0.1, 0.15) is 24.9 Å². The lowest BCUT2D eigenvalue weighted by molar-refractivity contribution is -0.870. The number of quaternary nitrogens is 1. The van der Waals surface area contributed by atoms with Crippen molar-refractivity contribution in [1.29, 1.82) is 0 Å². The van der Waals surface area contributed by atoms with Crippen LogP contribution < -0.4 is 4.89 Å². The lowest BCUT2D eigenvalue weighted by atomic mass is 9.80. The van der Waals surface area contributed by atoms with Crippen LogP contribution in [0.1, 0.15) is 30.0 Å². The van der Waals surface area contributed by atoms with Crippen LogP contribution in [0.5, 0.6) is 0 Å². The standard InChI is InChI=1S/C30H38NO7P/c1-5-29(32)38-28(24-37-39(33,34)36-22-21-31(2,3)4)23-35-30(25-15-9-6-10-16-25,26-17-11-7-12-18-26)27-19-13-8-14-20-27/h6-20,28H,5,21-24H2,1-4H3/t28-/m1/s1. The topological polar surface area (TPSA) is 94.1 Å². The minimum absolute atomic E-state index is 0.0284. The minimum Gasteiger partial charge on any atom is -0.756 e. The number of rotatable bonds is 15. The molecule has 0 fully saturated rings. The summed E-state index contributed by atoms with van der Waals surface area (Å²) >= 11 is 0. The van der Waals surface area contributed by atoms with Crippen molar-refractivity contribution in [2.75, 3.05) is 47.5 Å². The van der Waals surface area contributed by atoms with E-state index in [2.05, 4.69) is 0 Å². The van der Waals surface area contributed by atoms with Gasteiger partial charge in [-0.05, 0) is 16.7 Å². The highest BCUT2D eigenvalue weighted by atomic mass is 31.2. The van der Waals surface area contributed by atoms with Gasteiger partial charge >= 0.3 is 5.97 Å². The van der Waals surface area contributed by atoms with Crippen molar-refractivity contribution < 1.29 is 37.3 Å². The highest BCUT2D eigenvalue weighted by Crippen LogP contribution is 2.41. The summed E-state index contributed by atoms with van der Waals surface area (Å²) in [5.41, 5.74) is 1.52. The maximum atomic E-state index is 12.4. The molecule has 0 aliphatic carbocycles. The molecule has 8 nitrogen and oxygen atoms in total. The van der Waals surface area contributed by atoms with Crippen molar-refractivity contribution in [2.45, 2.75) is 25.0 Å². The number of phosphoric acid groups is 1. The molecule has 0 saturated heterocycles. The Bertz CT molecular complexity index is 1100. The van der Waals surface area contributed by atoms with E-state index in [1.165, 1.54) is 0 Å². The van der Waals surface area contributed by atoms with Crippen molar-refractivity contribution in [3.8, 4) is 0 Å². The zero-order chi connectivity index (χ0) is 28.4. The molecule has 39 heavy (non-hydrogen) atoms. The largest absolute Gasteiger partial charge is 0.756 e. The lowest BCUT2D eigenvalue weighted by Gasteiger charge is -2.37. The Balaban J connectivity index is 1.90. The van der Waals surface area contributed by atoms with Crippen LogP contribution in [-0.4, -0.2) is 64.1 Å². The number of likely N-dealkylation sites (N-methyl/N-ethyl adjacent to an activating group) is 1. The molecule has 0 heterocycles. The molecule has 0 N–H and O–H groups in total. The minimum atomic E-state index is -4.63. The van der Waals surface area contributed by atoms with E-state index >= 15 is 0 Å². The van der Waals surface area contributed by atoms with Crippen molar-refractivity contribution in [3.05, 3.63) is 108 Å². The van der Waals surface area contributed by atoms with Gasteiger partial charge in [-0.3, -0.25) is 9.36 Å². The Labute approximate surface area is 231 Å². The maximum absolute atomic E-state index is 12.4. The zero-order valence-electron chi connectivity index (χ0n) is 23.0. The van der Waals surface area contributed by atoms with Gasteiger partial charge in [-0.25, -0.2) is 0 Å². The Morgan fingerprint density at radius 3 is 1.69 bits per heavy atom.